The number of carbonyl (C=O) groups excluding carboxylic acids is 4. The molecule has 4 fully saturated rings. The second-order valence-corrected chi connectivity index (χ2v) is 13.4. The van der Waals surface area contributed by atoms with Crippen LogP contribution in [0.2, 0.25) is 0 Å². The predicted molar refractivity (Wildman–Crippen MR) is 142 cm³/mol. The molecule has 214 valence electrons. The molecule has 0 aromatic carbocycles. The van der Waals surface area contributed by atoms with Crippen molar-refractivity contribution < 1.29 is 33.4 Å². The molecule has 0 bridgehead atoms. The van der Waals surface area contributed by atoms with Crippen molar-refractivity contribution in [2.75, 3.05) is 7.11 Å². The highest BCUT2D eigenvalue weighted by atomic mass is 16.5. The van der Waals surface area contributed by atoms with Crippen LogP contribution >= 0.6 is 0 Å². The molecule has 0 heterocycles. The fraction of sp³-hybridized carbons (Fsp3) is 0.871. The lowest BCUT2D eigenvalue weighted by atomic mass is 9.39. The lowest BCUT2D eigenvalue weighted by Gasteiger charge is -2.65. The average molecular weight is 533 g/mol. The monoisotopic (exact) mass is 532 g/mol. The Hall–Kier alpha value is -1.92. The molecule has 12 atom stereocenters. The molecule has 4 aliphatic rings. The van der Waals surface area contributed by atoms with Gasteiger partial charge in [-0.05, 0) is 78.9 Å². The summed E-state index contributed by atoms with van der Waals surface area (Å²) in [5.41, 5.74) is -0.512. The highest BCUT2D eigenvalue weighted by molar-refractivity contribution is 5.87. The molecule has 0 N–H and O–H groups in total. The summed E-state index contributed by atoms with van der Waals surface area (Å²) < 4.78 is 16.9. The third-order valence-corrected chi connectivity index (χ3v) is 11.8. The number of carbonyl (C=O) groups is 4. The fourth-order valence-electron chi connectivity index (χ4n) is 10.2. The van der Waals surface area contributed by atoms with Gasteiger partial charge in [-0.15, -0.1) is 0 Å². The van der Waals surface area contributed by atoms with Crippen molar-refractivity contribution in [3.8, 4) is 0 Å². The fourth-order valence-corrected chi connectivity index (χ4v) is 10.2. The molecule has 4 aliphatic carbocycles. The van der Waals surface area contributed by atoms with E-state index >= 15 is 0 Å². The van der Waals surface area contributed by atoms with Crippen LogP contribution in [0.5, 0.6) is 0 Å². The van der Waals surface area contributed by atoms with E-state index in [1.165, 1.54) is 21.0 Å². The number of ketones is 1. The Morgan fingerprint density at radius 1 is 1.03 bits per heavy atom. The second kappa shape index (κ2) is 10.6. The third-order valence-electron chi connectivity index (χ3n) is 11.8. The van der Waals surface area contributed by atoms with Crippen LogP contribution in [0.25, 0.3) is 0 Å². The van der Waals surface area contributed by atoms with Gasteiger partial charge in [0.05, 0.1) is 7.11 Å². The van der Waals surface area contributed by atoms with E-state index in [0.29, 0.717) is 12.8 Å². The van der Waals surface area contributed by atoms with Gasteiger partial charge in [-0.1, -0.05) is 34.6 Å². The summed E-state index contributed by atoms with van der Waals surface area (Å²) in [4.78, 5) is 51.1. The van der Waals surface area contributed by atoms with E-state index in [-0.39, 0.29) is 94.1 Å². The summed E-state index contributed by atoms with van der Waals surface area (Å²) >= 11 is 0. The van der Waals surface area contributed by atoms with Gasteiger partial charge in [-0.25, -0.2) is 0 Å². The first-order valence-electron chi connectivity index (χ1n) is 14.8. The number of methoxy groups -OCH3 is 1. The number of esters is 3. The van der Waals surface area contributed by atoms with Crippen LogP contribution in [-0.4, -0.2) is 43.0 Å². The molecule has 4 saturated carbocycles. The van der Waals surface area contributed by atoms with E-state index in [9.17, 15) is 19.2 Å². The maximum absolute atomic E-state index is 14.6. The molecule has 0 spiro atoms. The van der Waals surface area contributed by atoms with Crippen LogP contribution in [0, 0.1) is 58.2 Å². The zero-order valence-corrected chi connectivity index (χ0v) is 24.6. The maximum Gasteiger partial charge on any atom is 0.305 e. The number of fused-ring (bicyclic) bond motifs is 5. The number of hydrogen-bond donors (Lipinski definition) is 0. The summed E-state index contributed by atoms with van der Waals surface area (Å²) in [6.07, 6.45) is 4.89. The van der Waals surface area contributed by atoms with Gasteiger partial charge in [0.25, 0.3) is 0 Å². The Morgan fingerprint density at radius 3 is 2.26 bits per heavy atom. The van der Waals surface area contributed by atoms with Crippen LogP contribution in [0.3, 0.4) is 0 Å². The molecule has 38 heavy (non-hydrogen) atoms. The van der Waals surface area contributed by atoms with Crippen molar-refractivity contribution in [1.82, 2.24) is 0 Å². The van der Waals surface area contributed by atoms with E-state index < -0.39 is 0 Å². The topological polar surface area (TPSA) is 96.0 Å². The predicted octanol–water partition coefficient (Wildman–Crippen LogP) is 5.38. The second-order valence-electron chi connectivity index (χ2n) is 13.4. The third kappa shape index (κ3) is 4.50. The van der Waals surface area contributed by atoms with E-state index in [4.69, 9.17) is 14.2 Å². The summed E-state index contributed by atoms with van der Waals surface area (Å²) in [5.74, 6) is -0.104. The van der Waals surface area contributed by atoms with Gasteiger partial charge < -0.3 is 14.2 Å². The van der Waals surface area contributed by atoms with E-state index in [0.717, 1.165) is 32.1 Å². The Bertz CT molecular complexity index is 960. The Morgan fingerprint density at radius 2 is 1.68 bits per heavy atom. The minimum atomic E-state index is -0.341. The van der Waals surface area contributed by atoms with Crippen molar-refractivity contribution >= 4 is 23.7 Å². The number of hydrogen-bond acceptors (Lipinski definition) is 7. The van der Waals surface area contributed by atoms with E-state index in [2.05, 4.69) is 34.6 Å². The normalized spacial score (nSPS) is 44.7. The molecule has 0 aromatic rings. The molecule has 3 unspecified atom stereocenters. The molecular formula is C31H48O7. The molecule has 0 radical (unpaired) electrons. The van der Waals surface area contributed by atoms with Gasteiger partial charge >= 0.3 is 17.9 Å². The van der Waals surface area contributed by atoms with Crippen molar-refractivity contribution in [2.45, 2.75) is 106 Å². The standard InChI is InChI=1S/C31H48O7/c1-9-21-24-15-20(37-18(4)32)12-13-30(24,6)27-26(29(21)38-19(5)33)23-11-10-22(16(2)14-25(34)36-8)31(23,7)17(3)28(27)35/h16-17,20-24,26-27,29H,9-15H2,1-8H3/t16-,17+,20-,21-,22-,23?,24+,26?,27?,29-,30+,31-/m1/s1. The quantitative estimate of drug-likeness (QED) is 0.335. The molecule has 7 heteroatoms. The smallest absolute Gasteiger partial charge is 0.305 e. The van der Waals surface area contributed by atoms with E-state index in [1.54, 1.807) is 0 Å². The maximum atomic E-state index is 14.6. The highest BCUT2D eigenvalue weighted by Gasteiger charge is 2.70. The van der Waals surface area contributed by atoms with Gasteiger partial charge in [-0.2, -0.15) is 0 Å². The number of ether oxygens (including phenoxy) is 3. The first-order valence-corrected chi connectivity index (χ1v) is 14.8. The molecule has 0 aromatic heterocycles. The van der Waals surface area contributed by atoms with Crippen molar-refractivity contribution in [1.29, 1.82) is 0 Å². The zero-order chi connectivity index (χ0) is 28.2. The highest BCUT2D eigenvalue weighted by Crippen LogP contribution is 2.70. The van der Waals surface area contributed by atoms with E-state index in [1.807, 2.05) is 0 Å². The van der Waals surface area contributed by atoms with Crippen LogP contribution in [-0.2, 0) is 33.4 Å². The van der Waals surface area contributed by atoms with Gasteiger partial charge in [0.15, 0.2) is 0 Å². The minimum absolute atomic E-state index is 0.0422. The summed E-state index contributed by atoms with van der Waals surface area (Å²) in [7, 11) is 1.43. The van der Waals surface area contributed by atoms with Gasteiger partial charge in [-0.3, -0.25) is 19.2 Å². The molecule has 0 saturated heterocycles. The summed E-state index contributed by atoms with van der Waals surface area (Å²) in [6, 6.07) is 0. The van der Waals surface area contributed by atoms with Crippen molar-refractivity contribution in [3.05, 3.63) is 0 Å². The zero-order valence-electron chi connectivity index (χ0n) is 24.6. The molecule has 4 rings (SSSR count). The van der Waals surface area contributed by atoms with Crippen LogP contribution in [0.15, 0.2) is 0 Å². The molecule has 0 amide bonds. The average Bonchev–Trinajstić information content (AvgIpc) is 3.20. The lowest BCUT2D eigenvalue weighted by Crippen LogP contribution is -2.67. The van der Waals surface area contributed by atoms with Crippen molar-refractivity contribution in [3.63, 3.8) is 0 Å². The van der Waals surface area contributed by atoms with Crippen molar-refractivity contribution in [2.24, 2.45) is 58.2 Å². The minimum Gasteiger partial charge on any atom is -0.469 e. The van der Waals surface area contributed by atoms with Gasteiger partial charge in [0.1, 0.15) is 18.0 Å². The summed E-state index contributed by atoms with van der Waals surface area (Å²) in [5, 5.41) is 0. The Kier molecular flexibility index (Phi) is 8.09. The Balaban J connectivity index is 1.78. The SMILES string of the molecule is CC[C@H]1[C@@H](OC(C)=O)C2C3CC[C@H]([C@H](C)CC(=O)OC)[C@@]3(C)[C@@H](C)C(=O)C2[C@@]2(C)CC[C@@H](OC(C)=O)C[C@@H]12. The molecule has 7 nitrogen and oxygen atoms in total. The van der Waals surface area contributed by atoms with Crippen LogP contribution in [0.1, 0.15) is 93.4 Å². The van der Waals surface area contributed by atoms with Gasteiger partial charge in [0, 0.05) is 38.0 Å². The van der Waals surface area contributed by atoms with Gasteiger partial charge in [0.2, 0.25) is 0 Å². The molecule has 0 aliphatic heterocycles. The summed E-state index contributed by atoms with van der Waals surface area (Å²) in [6.45, 7) is 13.8. The Labute approximate surface area is 228 Å². The molecular weight excluding hydrogens is 484 g/mol. The number of rotatable bonds is 6. The van der Waals surface area contributed by atoms with Crippen LogP contribution in [0.4, 0.5) is 0 Å². The largest absolute Gasteiger partial charge is 0.469 e. The first kappa shape index (κ1) is 29.1. The first-order chi connectivity index (χ1) is 17.8. The lowest BCUT2D eigenvalue weighted by molar-refractivity contribution is -0.222. The number of Topliss-reactive ketones (excluding diaryl/α,β-unsaturated/α-hetero) is 1. The van der Waals surface area contributed by atoms with Crippen LogP contribution < -0.4 is 0 Å².